The Labute approximate surface area is 150 Å². The van der Waals surface area contributed by atoms with E-state index in [-0.39, 0.29) is 11.7 Å². The Kier molecular flexibility index (Phi) is 7.13. The van der Waals surface area contributed by atoms with E-state index >= 15 is 0 Å². The van der Waals surface area contributed by atoms with Crippen LogP contribution in [0, 0.1) is 0 Å². The van der Waals surface area contributed by atoms with Gasteiger partial charge in [0.25, 0.3) is 0 Å². The van der Waals surface area contributed by atoms with Crippen LogP contribution in [-0.2, 0) is 0 Å². The number of carbonyl (C=O) groups excluding carboxylic acids is 1. The zero-order valence-corrected chi connectivity index (χ0v) is 15.4. The lowest BCUT2D eigenvalue weighted by molar-refractivity contribution is 0.0954. The average Bonchev–Trinajstić information content (AvgIpc) is 2.58. The summed E-state index contributed by atoms with van der Waals surface area (Å²) in [5, 5.41) is 0. The van der Waals surface area contributed by atoms with Gasteiger partial charge in [-0.25, -0.2) is 0 Å². The van der Waals surface area contributed by atoms with E-state index in [2.05, 4.69) is 22.9 Å². The van der Waals surface area contributed by atoms with Gasteiger partial charge in [0, 0.05) is 16.0 Å². The largest absolute Gasteiger partial charge is 0.492 e. The lowest BCUT2D eigenvalue weighted by Gasteiger charge is -2.17. The highest BCUT2D eigenvalue weighted by Gasteiger charge is 2.23. The van der Waals surface area contributed by atoms with Gasteiger partial charge in [-0.05, 0) is 42.3 Å². The Morgan fingerprint density at radius 1 is 1.17 bits per heavy atom. The molecule has 0 spiro atoms. The number of alkyl halides is 1. The van der Waals surface area contributed by atoms with E-state index < -0.39 is 0 Å². The van der Waals surface area contributed by atoms with Crippen molar-refractivity contribution in [3.63, 3.8) is 0 Å². The molecule has 0 aliphatic heterocycles. The number of Topliss-reactive ketones (excluding diaryl/α,β-unsaturated/α-hetero) is 1. The van der Waals surface area contributed by atoms with Crippen LogP contribution in [0.25, 0.3) is 0 Å². The van der Waals surface area contributed by atoms with E-state index in [9.17, 15) is 4.79 Å². The maximum absolute atomic E-state index is 12.9. The zero-order chi connectivity index (χ0) is 16.7. The van der Waals surface area contributed by atoms with Crippen molar-refractivity contribution in [2.45, 2.75) is 25.7 Å². The predicted octanol–water partition coefficient (Wildman–Crippen LogP) is 5.83. The summed E-state index contributed by atoms with van der Waals surface area (Å²) in [5.41, 5.74) is 1.75. The highest BCUT2D eigenvalue weighted by Crippen LogP contribution is 2.31. The van der Waals surface area contributed by atoms with Gasteiger partial charge in [-0.1, -0.05) is 47.5 Å². The van der Waals surface area contributed by atoms with Crippen molar-refractivity contribution in [2.24, 2.45) is 0 Å². The molecule has 23 heavy (non-hydrogen) atoms. The third-order valence-corrected chi connectivity index (χ3v) is 4.54. The molecule has 0 radical (unpaired) electrons. The molecule has 0 aliphatic carbocycles. The molecule has 0 fully saturated rings. The maximum Gasteiger partial charge on any atom is 0.170 e. The van der Waals surface area contributed by atoms with Crippen LogP contribution in [0.4, 0.5) is 0 Å². The van der Waals surface area contributed by atoms with E-state index in [1.54, 1.807) is 0 Å². The summed E-state index contributed by atoms with van der Waals surface area (Å²) in [6.45, 7) is 2.56. The Morgan fingerprint density at radius 2 is 1.87 bits per heavy atom. The van der Waals surface area contributed by atoms with E-state index in [0.717, 1.165) is 28.6 Å². The summed E-state index contributed by atoms with van der Waals surface area (Å²) < 4.78 is 6.43. The molecular weight excluding hydrogens is 376 g/mol. The number of rotatable bonds is 8. The summed E-state index contributed by atoms with van der Waals surface area (Å²) in [6.07, 6.45) is 1.78. The average molecular weight is 396 g/mol. The first kappa shape index (κ1) is 18.0. The van der Waals surface area contributed by atoms with Crippen molar-refractivity contribution in [1.82, 2.24) is 0 Å². The Bertz CT molecular complexity index is 640. The number of carbonyl (C=O) groups is 1. The molecule has 0 bridgehead atoms. The minimum absolute atomic E-state index is 0.134. The van der Waals surface area contributed by atoms with Crippen molar-refractivity contribution in [1.29, 1.82) is 0 Å². The third-order valence-electron chi connectivity index (χ3n) is 3.66. The second-order valence-corrected chi connectivity index (χ2v) is 6.52. The Hall–Kier alpha value is -1.32. The van der Waals surface area contributed by atoms with E-state index in [4.69, 9.17) is 16.3 Å². The van der Waals surface area contributed by atoms with Crippen LogP contribution in [-0.4, -0.2) is 18.3 Å². The van der Waals surface area contributed by atoms with Crippen LogP contribution < -0.4 is 4.74 Å². The quantitative estimate of drug-likeness (QED) is 0.415. The molecule has 0 aromatic heterocycles. The van der Waals surface area contributed by atoms with Gasteiger partial charge in [0.2, 0.25) is 0 Å². The van der Waals surface area contributed by atoms with Crippen molar-refractivity contribution in [2.75, 3.05) is 12.5 Å². The van der Waals surface area contributed by atoms with Gasteiger partial charge in [0.1, 0.15) is 12.4 Å². The molecule has 0 aliphatic rings. The first-order chi connectivity index (χ1) is 11.2. The van der Waals surface area contributed by atoms with Gasteiger partial charge in [0.15, 0.2) is 5.78 Å². The summed E-state index contributed by atoms with van der Waals surface area (Å²) in [5.74, 6) is 1.18. The molecule has 2 rings (SSSR count). The minimum Gasteiger partial charge on any atom is -0.492 e. The molecule has 0 N–H and O–H groups in total. The summed E-state index contributed by atoms with van der Waals surface area (Å²) in [7, 11) is 0. The van der Waals surface area contributed by atoms with Gasteiger partial charge in [-0.2, -0.15) is 0 Å². The monoisotopic (exact) mass is 394 g/mol. The third kappa shape index (κ3) is 4.82. The van der Waals surface area contributed by atoms with Crippen molar-refractivity contribution >= 4 is 33.3 Å². The number of ether oxygens (including phenoxy) is 1. The van der Waals surface area contributed by atoms with Crippen LogP contribution in [0.5, 0.6) is 5.75 Å². The van der Waals surface area contributed by atoms with Crippen molar-refractivity contribution < 1.29 is 9.53 Å². The molecule has 0 saturated heterocycles. The predicted molar refractivity (Wildman–Crippen MR) is 98.8 cm³/mol. The highest BCUT2D eigenvalue weighted by molar-refractivity contribution is 9.10. The SMILES string of the molecule is CCCC(C(=O)c1ccc(OCCCl)cc1)c1ccccc1Br. The van der Waals surface area contributed by atoms with Gasteiger partial charge in [-0.15, -0.1) is 11.6 Å². The number of hydrogen-bond donors (Lipinski definition) is 0. The molecule has 2 nitrogen and oxygen atoms in total. The number of benzene rings is 2. The lowest BCUT2D eigenvalue weighted by atomic mass is 9.87. The number of hydrogen-bond acceptors (Lipinski definition) is 2. The molecular formula is C19H20BrClO2. The fraction of sp³-hybridized carbons (Fsp3) is 0.316. The second-order valence-electron chi connectivity index (χ2n) is 5.29. The minimum atomic E-state index is -0.134. The van der Waals surface area contributed by atoms with E-state index in [0.29, 0.717) is 18.1 Å². The zero-order valence-electron chi connectivity index (χ0n) is 13.1. The summed E-state index contributed by atoms with van der Waals surface area (Å²) in [6, 6.07) is 15.2. The Morgan fingerprint density at radius 3 is 2.48 bits per heavy atom. The molecule has 1 atom stereocenters. The molecule has 2 aromatic rings. The molecule has 0 amide bonds. The second kappa shape index (κ2) is 9.09. The smallest absolute Gasteiger partial charge is 0.170 e. The summed E-state index contributed by atoms with van der Waals surface area (Å²) in [4.78, 5) is 12.9. The van der Waals surface area contributed by atoms with Crippen LogP contribution in [0.3, 0.4) is 0 Å². The molecule has 122 valence electrons. The van der Waals surface area contributed by atoms with Crippen LogP contribution >= 0.6 is 27.5 Å². The number of ketones is 1. The van der Waals surface area contributed by atoms with Gasteiger partial charge in [-0.3, -0.25) is 4.79 Å². The lowest BCUT2D eigenvalue weighted by Crippen LogP contribution is -2.13. The van der Waals surface area contributed by atoms with Crippen molar-refractivity contribution in [3.05, 3.63) is 64.1 Å². The standard InChI is InChI=1S/C19H20BrClO2/c1-2-5-17(16-6-3-4-7-18(16)20)19(22)14-8-10-15(11-9-14)23-13-12-21/h3-4,6-11,17H,2,5,12-13H2,1H3. The normalized spacial score (nSPS) is 12.0. The maximum atomic E-state index is 12.9. The molecule has 2 aromatic carbocycles. The van der Waals surface area contributed by atoms with E-state index in [1.165, 1.54) is 0 Å². The van der Waals surface area contributed by atoms with Crippen LogP contribution in [0.2, 0.25) is 0 Å². The molecule has 0 saturated carbocycles. The fourth-order valence-electron chi connectivity index (χ4n) is 2.55. The molecule has 1 unspecified atom stereocenters. The van der Waals surface area contributed by atoms with E-state index in [1.807, 2.05) is 48.5 Å². The van der Waals surface area contributed by atoms with Gasteiger partial charge >= 0.3 is 0 Å². The van der Waals surface area contributed by atoms with Gasteiger partial charge < -0.3 is 4.74 Å². The van der Waals surface area contributed by atoms with Crippen LogP contribution in [0.1, 0.15) is 41.6 Å². The molecule has 4 heteroatoms. The van der Waals surface area contributed by atoms with Gasteiger partial charge in [0.05, 0.1) is 5.88 Å². The van der Waals surface area contributed by atoms with Crippen LogP contribution in [0.15, 0.2) is 53.0 Å². The van der Waals surface area contributed by atoms with Crippen molar-refractivity contribution in [3.8, 4) is 5.75 Å². The first-order valence-corrected chi connectivity index (χ1v) is 9.07. The topological polar surface area (TPSA) is 26.3 Å². The highest BCUT2D eigenvalue weighted by atomic mass is 79.9. The first-order valence-electron chi connectivity index (χ1n) is 7.74. The Balaban J connectivity index is 2.22. The number of halogens is 2. The molecule has 0 heterocycles. The fourth-order valence-corrected chi connectivity index (χ4v) is 3.19. The summed E-state index contributed by atoms with van der Waals surface area (Å²) >= 11 is 9.17.